The number of benzene rings is 1. The monoisotopic (exact) mass is 336 g/mol. The Kier molecular flexibility index (Phi) is 4.67. The Morgan fingerprint density at radius 1 is 1.25 bits per heavy atom. The van der Waals surface area contributed by atoms with Crippen molar-refractivity contribution in [3.05, 3.63) is 28.2 Å². The number of nitrogens with zero attached hydrogens (tertiary/aromatic N) is 1. The van der Waals surface area contributed by atoms with Crippen molar-refractivity contribution in [2.75, 3.05) is 11.4 Å². The summed E-state index contributed by atoms with van der Waals surface area (Å²) >= 11 is 3.65. The number of hydrogen-bond acceptors (Lipinski definition) is 2. The summed E-state index contributed by atoms with van der Waals surface area (Å²) in [6, 6.07) is 8.28. The maximum atomic E-state index is 3.66. The highest BCUT2D eigenvalue weighted by Gasteiger charge is 2.24. The van der Waals surface area contributed by atoms with E-state index in [-0.39, 0.29) is 0 Å². The van der Waals surface area contributed by atoms with Crippen LogP contribution in [0.25, 0.3) is 0 Å². The van der Waals surface area contributed by atoms with E-state index in [9.17, 15) is 0 Å². The van der Waals surface area contributed by atoms with E-state index in [1.165, 1.54) is 60.8 Å². The molecule has 1 aliphatic carbocycles. The van der Waals surface area contributed by atoms with Crippen LogP contribution in [-0.2, 0) is 6.54 Å². The molecule has 2 aliphatic rings. The zero-order valence-electron chi connectivity index (χ0n) is 12.4. The molecule has 1 aromatic rings. The Morgan fingerprint density at radius 3 is 2.85 bits per heavy atom. The molecule has 1 saturated carbocycles. The standard InChI is InChI=1S/C17H25BrN2/c1-2-16-5-3-4-10-20(16)17-11-14(18)7-6-13(17)12-19-15-8-9-15/h6-7,11,15-16,19H,2-5,8-10,12H2,1H3. The van der Waals surface area contributed by atoms with E-state index >= 15 is 0 Å². The van der Waals surface area contributed by atoms with Gasteiger partial charge < -0.3 is 10.2 Å². The summed E-state index contributed by atoms with van der Waals surface area (Å²) in [5.74, 6) is 0. The largest absolute Gasteiger partial charge is 0.368 e. The van der Waals surface area contributed by atoms with Gasteiger partial charge in [0.1, 0.15) is 0 Å². The molecule has 20 heavy (non-hydrogen) atoms. The maximum absolute atomic E-state index is 3.66. The van der Waals surface area contributed by atoms with Crippen molar-refractivity contribution in [1.82, 2.24) is 5.32 Å². The van der Waals surface area contributed by atoms with E-state index < -0.39 is 0 Å². The predicted octanol–water partition coefficient (Wildman–Crippen LogP) is 4.47. The summed E-state index contributed by atoms with van der Waals surface area (Å²) in [6.07, 6.45) is 8.03. The SMILES string of the molecule is CCC1CCCCN1c1cc(Br)ccc1CNC1CC1. The molecule has 2 nitrogen and oxygen atoms in total. The maximum Gasteiger partial charge on any atom is 0.0425 e. The summed E-state index contributed by atoms with van der Waals surface area (Å²) < 4.78 is 1.20. The van der Waals surface area contributed by atoms with Crippen LogP contribution in [0.2, 0.25) is 0 Å². The lowest BCUT2D eigenvalue weighted by atomic mass is 9.98. The molecule has 0 amide bonds. The molecule has 1 heterocycles. The minimum Gasteiger partial charge on any atom is -0.368 e. The van der Waals surface area contributed by atoms with Crippen molar-refractivity contribution >= 4 is 21.6 Å². The van der Waals surface area contributed by atoms with Crippen LogP contribution in [-0.4, -0.2) is 18.6 Å². The Labute approximate surface area is 131 Å². The number of halogens is 1. The smallest absolute Gasteiger partial charge is 0.0425 e. The van der Waals surface area contributed by atoms with Crippen LogP contribution in [0, 0.1) is 0 Å². The Balaban J connectivity index is 1.82. The van der Waals surface area contributed by atoms with Gasteiger partial charge in [-0.15, -0.1) is 0 Å². The van der Waals surface area contributed by atoms with E-state index in [0.29, 0.717) is 0 Å². The van der Waals surface area contributed by atoms with Crippen molar-refractivity contribution in [2.24, 2.45) is 0 Å². The van der Waals surface area contributed by atoms with Crippen LogP contribution >= 0.6 is 15.9 Å². The summed E-state index contributed by atoms with van der Waals surface area (Å²) in [7, 11) is 0. The molecule has 1 unspecified atom stereocenters. The molecule has 0 spiro atoms. The fourth-order valence-corrected chi connectivity index (χ4v) is 3.59. The van der Waals surface area contributed by atoms with Crippen LogP contribution in [0.15, 0.2) is 22.7 Å². The summed E-state index contributed by atoms with van der Waals surface area (Å²) in [4.78, 5) is 2.65. The highest BCUT2D eigenvalue weighted by Crippen LogP contribution is 2.32. The Bertz CT molecular complexity index is 456. The van der Waals surface area contributed by atoms with Gasteiger partial charge in [0.25, 0.3) is 0 Å². The number of nitrogens with one attached hydrogen (secondary N) is 1. The van der Waals surface area contributed by atoms with Crippen LogP contribution in [0.4, 0.5) is 5.69 Å². The fourth-order valence-electron chi connectivity index (χ4n) is 3.24. The minimum absolute atomic E-state index is 0.720. The van der Waals surface area contributed by atoms with E-state index in [0.717, 1.165) is 18.6 Å². The third kappa shape index (κ3) is 3.37. The van der Waals surface area contributed by atoms with Crippen molar-refractivity contribution < 1.29 is 0 Å². The van der Waals surface area contributed by atoms with Crippen molar-refractivity contribution in [2.45, 2.75) is 64.1 Å². The van der Waals surface area contributed by atoms with E-state index in [1.807, 2.05) is 0 Å². The van der Waals surface area contributed by atoms with Crippen molar-refractivity contribution in [1.29, 1.82) is 0 Å². The fraction of sp³-hybridized carbons (Fsp3) is 0.647. The minimum atomic E-state index is 0.720. The first-order valence-corrected chi connectivity index (χ1v) is 8.85. The summed E-state index contributed by atoms with van der Waals surface area (Å²) in [6.45, 7) is 4.55. The zero-order chi connectivity index (χ0) is 13.9. The quantitative estimate of drug-likeness (QED) is 0.853. The Hall–Kier alpha value is -0.540. The molecule has 2 fully saturated rings. The molecule has 110 valence electrons. The first-order valence-electron chi connectivity index (χ1n) is 8.06. The first kappa shape index (κ1) is 14.4. The van der Waals surface area contributed by atoms with Crippen LogP contribution < -0.4 is 10.2 Å². The van der Waals surface area contributed by atoms with Gasteiger partial charge >= 0.3 is 0 Å². The molecule has 0 radical (unpaired) electrons. The van der Waals surface area contributed by atoms with Crippen molar-refractivity contribution in [3.8, 4) is 0 Å². The summed E-state index contributed by atoms with van der Waals surface area (Å²) in [5.41, 5.74) is 2.90. The lowest BCUT2D eigenvalue weighted by Gasteiger charge is -2.38. The molecule has 1 aliphatic heterocycles. The van der Waals surface area contributed by atoms with Gasteiger partial charge in [0.05, 0.1) is 0 Å². The molecular weight excluding hydrogens is 312 g/mol. The average Bonchev–Trinajstić information content (AvgIpc) is 3.30. The zero-order valence-corrected chi connectivity index (χ0v) is 14.0. The van der Waals surface area contributed by atoms with Gasteiger partial charge in [-0.3, -0.25) is 0 Å². The highest BCUT2D eigenvalue weighted by molar-refractivity contribution is 9.10. The lowest BCUT2D eigenvalue weighted by molar-refractivity contribution is 0.448. The number of anilines is 1. The van der Waals surface area contributed by atoms with Gasteiger partial charge in [0.2, 0.25) is 0 Å². The molecule has 0 bridgehead atoms. The average molecular weight is 337 g/mol. The highest BCUT2D eigenvalue weighted by atomic mass is 79.9. The van der Waals surface area contributed by atoms with Gasteiger partial charge in [-0.1, -0.05) is 28.9 Å². The van der Waals surface area contributed by atoms with Gasteiger partial charge in [0.15, 0.2) is 0 Å². The van der Waals surface area contributed by atoms with Gasteiger partial charge in [-0.05, 0) is 56.2 Å². The Morgan fingerprint density at radius 2 is 2.10 bits per heavy atom. The molecule has 1 saturated heterocycles. The second kappa shape index (κ2) is 6.48. The number of hydrogen-bond donors (Lipinski definition) is 1. The number of rotatable bonds is 5. The molecule has 0 aromatic heterocycles. The lowest BCUT2D eigenvalue weighted by Crippen LogP contribution is -2.40. The van der Waals surface area contributed by atoms with E-state index in [4.69, 9.17) is 0 Å². The second-order valence-electron chi connectivity index (χ2n) is 6.18. The van der Waals surface area contributed by atoms with E-state index in [2.05, 4.69) is 51.3 Å². The molecular formula is C17H25BrN2. The molecule has 1 atom stereocenters. The van der Waals surface area contributed by atoms with Gasteiger partial charge in [-0.25, -0.2) is 0 Å². The van der Waals surface area contributed by atoms with Gasteiger partial charge in [0, 0.05) is 35.3 Å². The van der Waals surface area contributed by atoms with Crippen LogP contribution in [0.5, 0.6) is 0 Å². The van der Waals surface area contributed by atoms with Crippen molar-refractivity contribution in [3.63, 3.8) is 0 Å². The third-order valence-electron chi connectivity index (χ3n) is 4.61. The second-order valence-corrected chi connectivity index (χ2v) is 7.10. The molecule has 3 heteroatoms. The van der Waals surface area contributed by atoms with Crippen LogP contribution in [0.1, 0.15) is 51.0 Å². The normalized spacial score (nSPS) is 23.1. The predicted molar refractivity (Wildman–Crippen MR) is 89.3 cm³/mol. The van der Waals surface area contributed by atoms with Gasteiger partial charge in [-0.2, -0.15) is 0 Å². The molecule has 3 rings (SSSR count). The molecule has 1 aromatic carbocycles. The number of piperidine rings is 1. The van der Waals surface area contributed by atoms with Crippen LogP contribution in [0.3, 0.4) is 0 Å². The third-order valence-corrected chi connectivity index (χ3v) is 5.11. The molecule has 1 N–H and O–H groups in total. The summed E-state index contributed by atoms with van der Waals surface area (Å²) in [5, 5.41) is 3.66. The van der Waals surface area contributed by atoms with E-state index in [1.54, 1.807) is 0 Å². The first-order chi connectivity index (χ1) is 9.78. The topological polar surface area (TPSA) is 15.3 Å².